The summed E-state index contributed by atoms with van der Waals surface area (Å²) < 4.78 is 16.5. The van der Waals surface area contributed by atoms with Gasteiger partial charge in [-0.05, 0) is 49.6 Å². The fourth-order valence-corrected chi connectivity index (χ4v) is 4.44. The van der Waals surface area contributed by atoms with Crippen LogP contribution in [0.4, 0.5) is 5.13 Å². The van der Waals surface area contributed by atoms with Gasteiger partial charge in [0.1, 0.15) is 11.5 Å². The molecule has 0 aliphatic heterocycles. The minimum absolute atomic E-state index is 0.198. The number of anilines is 1. The Kier molecular flexibility index (Phi) is 7.31. The van der Waals surface area contributed by atoms with Crippen molar-refractivity contribution < 1.29 is 18.8 Å². The van der Waals surface area contributed by atoms with E-state index in [-0.39, 0.29) is 5.91 Å². The number of benzene rings is 1. The number of aromatic nitrogens is 2. The molecule has 1 N–H and O–H groups in total. The van der Waals surface area contributed by atoms with Crippen molar-refractivity contribution in [1.29, 1.82) is 0 Å². The van der Waals surface area contributed by atoms with E-state index >= 15 is 0 Å². The molecule has 0 aliphatic rings. The van der Waals surface area contributed by atoms with E-state index in [0.29, 0.717) is 36.3 Å². The van der Waals surface area contributed by atoms with E-state index in [4.69, 9.17) is 14.0 Å². The van der Waals surface area contributed by atoms with Crippen LogP contribution >= 0.6 is 22.7 Å². The normalized spacial score (nSPS) is 10.9. The monoisotopic (exact) mass is 469 g/mol. The number of carbonyl (C=O) groups is 1. The van der Waals surface area contributed by atoms with Gasteiger partial charge < -0.3 is 14.0 Å². The summed E-state index contributed by atoms with van der Waals surface area (Å²) >= 11 is 3.03. The van der Waals surface area contributed by atoms with Gasteiger partial charge in [0.25, 0.3) is 5.91 Å². The standard InChI is InChI=1S/C23H23N3O4S2/c1-15-19(16(2)30-26-15)13-28-10-4-11-29-18-8-6-17(7-9-18)22(27)25-23-24-20(14-32-23)21-5-3-12-31-21/h3,5-9,12,14H,4,10-11,13H2,1-2H3,(H,24,25,27). The van der Waals surface area contributed by atoms with Crippen molar-refractivity contribution in [3.05, 3.63) is 69.7 Å². The Bertz CT molecular complexity index is 1130. The molecule has 0 radical (unpaired) electrons. The fraction of sp³-hybridized carbons (Fsp3) is 0.261. The Hall–Kier alpha value is -3.01. The molecule has 1 amide bonds. The van der Waals surface area contributed by atoms with Crippen LogP contribution in [0.2, 0.25) is 0 Å². The lowest BCUT2D eigenvalue weighted by atomic mass is 10.2. The Balaban J connectivity index is 1.19. The lowest BCUT2D eigenvalue weighted by molar-refractivity contribution is 0.102. The van der Waals surface area contributed by atoms with Crippen LogP contribution in [0, 0.1) is 13.8 Å². The molecule has 3 heterocycles. The second-order valence-electron chi connectivity index (χ2n) is 7.05. The molecule has 3 aromatic heterocycles. The van der Waals surface area contributed by atoms with Gasteiger partial charge in [0.15, 0.2) is 5.13 Å². The van der Waals surface area contributed by atoms with Gasteiger partial charge in [-0.2, -0.15) is 0 Å². The van der Waals surface area contributed by atoms with Gasteiger partial charge in [-0.25, -0.2) is 4.98 Å². The van der Waals surface area contributed by atoms with Crippen molar-refractivity contribution in [2.75, 3.05) is 18.5 Å². The van der Waals surface area contributed by atoms with Gasteiger partial charge >= 0.3 is 0 Å². The zero-order valence-electron chi connectivity index (χ0n) is 17.8. The molecule has 0 unspecified atom stereocenters. The molecule has 0 atom stereocenters. The van der Waals surface area contributed by atoms with Crippen LogP contribution in [0.15, 0.2) is 51.7 Å². The number of nitrogens with zero attached hydrogens (tertiary/aromatic N) is 2. The van der Waals surface area contributed by atoms with Gasteiger partial charge in [-0.1, -0.05) is 11.2 Å². The summed E-state index contributed by atoms with van der Waals surface area (Å²) in [6.07, 6.45) is 0.752. The van der Waals surface area contributed by atoms with Crippen molar-refractivity contribution in [2.24, 2.45) is 0 Å². The van der Waals surface area contributed by atoms with Crippen LogP contribution in [-0.4, -0.2) is 29.3 Å². The second-order valence-corrected chi connectivity index (χ2v) is 8.86. The van der Waals surface area contributed by atoms with Gasteiger partial charge in [-0.15, -0.1) is 22.7 Å². The number of thiophene rings is 1. The first-order valence-electron chi connectivity index (χ1n) is 10.1. The van der Waals surface area contributed by atoms with Crippen LogP contribution in [0.25, 0.3) is 10.6 Å². The van der Waals surface area contributed by atoms with Crippen molar-refractivity contribution in [2.45, 2.75) is 26.9 Å². The Labute approximate surface area is 194 Å². The maximum absolute atomic E-state index is 12.5. The lowest BCUT2D eigenvalue weighted by Gasteiger charge is -2.08. The third-order valence-electron chi connectivity index (χ3n) is 4.74. The van der Waals surface area contributed by atoms with Crippen molar-refractivity contribution in [1.82, 2.24) is 10.1 Å². The molecule has 0 bridgehead atoms. The first-order valence-corrected chi connectivity index (χ1v) is 11.9. The number of hydrogen-bond donors (Lipinski definition) is 1. The van der Waals surface area contributed by atoms with E-state index in [1.54, 1.807) is 35.6 Å². The van der Waals surface area contributed by atoms with Crippen LogP contribution in [0.3, 0.4) is 0 Å². The van der Waals surface area contributed by atoms with Gasteiger partial charge in [0.2, 0.25) is 0 Å². The molecular weight excluding hydrogens is 446 g/mol. The van der Waals surface area contributed by atoms with E-state index in [9.17, 15) is 4.79 Å². The number of nitrogens with one attached hydrogen (secondary N) is 1. The predicted molar refractivity (Wildman–Crippen MR) is 126 cm³/mol. The largest absolute Gasteiger partial charge is 0.494 e. The molecule has 0 saturated heterocycles. The van der Waals surface area contributed by atoms with Gasteiger partial charge in [-0.3, -0.25) is 10.1 Å². The number of aryl methyl sites for hydroxylation is 2. The summed E-state index contributed by atoms with van der Waals surface area (Å²) in [7, 11) is 0. The van der Waals surface area contributed by atoms with Crippen molar-refractivity contribution in [3.63, 3.8) is 0 Å². The Morgan fingerprint density at radius 1 is 1.12 bits per heavy atom. The molecule has 0 spiro atoms. The maximum Gasteiger partial charge on any atom is 0.257 e. The van der Waals surface area contributed by atoms with E-state index < -0.39 is 0 Å². The van der Waals surface area contributed by atoms with E-state index in [2.05, 4.69) is 15.5 Å². The van der Waals surface area contributed by atoms with Crippen molar-refractivity contribution in [3.8, 4) is 16.3 Å². The highest BCUT2D eigenvalue weighted by Gasteiger charge is 2.11. The smallest absolute Gasteiger partial charge is 0.257 e. The third kappa shape index (κ3) is 5.61. The maximum atomic E-state index is 12.5. The first-order chi connectivity index (χ1) is 15.6. The minimum atomic E-state index is -0.198. The fourth-order valence-electron chi connectivity index (χ4n) is 2.97. The van der Waals surface area contributed by atoms with E-state index in [1.165, 1.54) is 11.3 Å². The molecule has 0 fully saturated rings. The zero-order chi connectivity index (χ0) is 22.3. The second kappa shape index (κ2) is 10.5. The summed E-state index contributed by atoms with van der Waals surface area (Å²) in [6, 6.07) is 11.1. The molecule has 9 heteroatoms. The third-order valence-corrected chi connectivity index (χ3v) is 6.39. The number of ether oxygens (including phenoxy) is 2. The molecule has 4 aromatic rings. The molecule has 166 valence electrons. The number of amides is 1. The SMILES string of the molecule is Cc1noc(C)c1COCCCOc1ccc(C(=O)Nc2nc(-c3cccs3)cs2)cc1. The molecule has 0 aliphatic carbocycles. The number of rotatable bonds is 10. The quantitative estimate of drug-likeness (QED) is 0.299. The average molecular weight is 470 g/mol. The van der Waals surface area contributed by atoms with Crippen LogP contribution < -0.4 is 10.1 Å². The molecule has 1 aromatic carbocycles. The molecular formula is C23H23N3O4S2. The average Bonchev–Trinajstić information content (AvgIpc) is 3.54. The number of carbonyl (C=O) groups excluding carboxylic acids is 1. The predicted octanol–water partition coefficient (Wildman–Crippen LogP) is 5.71. The number of hydrogen-bond acceptors (Lipinski definition) is 8. The highest BCUT2D eigenvalue weighted by molar-refractivity contribution is 7.16. The summed E-state index contributed by atoms with van der Waals surface area (Å²) in [4.78, 5) is 18.0. The van der Waals surface area contributed by atoms with Crippen LogP contribution in [0.1, 0.15) is 33.8 Å². The Morgan fingerprint density at radius 3 is 2.69 bits per heavy atom. The highest BCUT2D eigenvalue weighted by atomic mass is 32.1. The van der Waals surface area contributed by atoms with Gasteiger partial charge in [0, 0.05) is 22.9 Å². The molecule has 0 saturated carbocycles. The Morgan fingerprint density at radius 2 is 1.97 bits per heavy atom. The molecule has 32 heavy (non-hydrogen) atoms. The van der Waals surface area contributed by atoms with E-state index in [1.807, 2.05) is 36.7 Å². The topological polar surface area (TPSA) is 86.5 Å². The molecule has 7 nitrogen and oxygen atoms in total. The highest BCUT2D eigenvalue weighted by Crippen LogP contribution is 2.28. The summed E-state index contributed by atoms with van der Waals surface area (Å²) in [5, 5.41) is 11.3. The van der Waals surface area contributed by atoms with Crippen molar-refractivity contribution >= 4 is 33.7 Å². The minimum Gasteiger partial charge on any atom is -0.494 e. The summed E-state index contributed by atoms with van der Waals surface area (Å²) in [5.74, 6) is 1.30. The van der Waals surface area contributed by atoms with E-state index in [0.717, 1.165) is 34.0 Å². The van der Waals surface area contributed by atoms with Gasteiger partial charge in [0.05, 0.1) is 36.1 Å². The molecule has 4 rings (SSSR count). The zero-order valence-corrected chi connectivity index (χ0v) is 19.4. The lowest BCUT2D eigenvalue weighted by Crippen LogP contribution is -2.11. The number of thiazole rings is 1. The first kappa shape index (κ1) is 22.2. The summed E-state index contributed by atoms with van der Waals surface area (Å²) in [6.45, 7) is 5.37. The van der Waals surface area contributed by atoms with Crippen LogP contribution in [-0.2, 0) is 11.3 Å². The summed E-state index contributed by atoms with van der Waals surface area (Å²) in [5.41, 5.74) is 3.29. The van der Waals surface area contributed by atoms with Crippen LogP contribution in [0.5, 0.6) is 5.75 Å².